The number of hydrogen-bond acceptors (Lipinski definition) is 6. The van der Waals surface area contributed by atoms with E-state index in [0.29, 0.717) is 19.3 Å². The van der Waals surface area contributed by atoms with Crippen LogP contribution in [0.2, 0.25) is 0 Å². The van der Waals surface area contributed by atoms with E-state index in [1.165, 1.54) is 96.3 Å². The molecular formula is C77H124O6. The molecule has 0 spiro atoms. The first-order valence-corrected chi connectivity index (χ1v) is 34.0. The summed E-state index contributed by atoms with van der Waals surface area (Å²) in [5.74, 6) is -0.924. The third kappa shape index (κ3) is 67.7. The van der Waals surface area contributed by atoms with Gasteiger partial charge in [-0.1, -0.05) is 301 Å². The van der Waals surface area contributed by atoms with Crippen LogP contribution in [0, 0.1) is 0 Å². The molecule has 6 nitrogen and oxygen atoms in total. The quantitative estimate of drug-likeness (QED) is 0.0261. The topological polar surface area (TPSA) is 78.9 Å². The van der Waals surface area contributed by atoms with Crippen molar-refractivity contribution in [1.82, 2.24) is 0 Å². The fourth-order valence-electron chi connectivity index (χ4n) is 9.01. The third-order valence-corrected chi connectivity index (χ3v) is 14.0. The Morgan fingerprint density at radius 1 is 0.253 bits per heavy atom. The van der Waals surface area contributed by atoms with Gasteiger partial charge in [0.25, 0.3) is 0 Å². The number of unbranched alkanes of at least 4 members (excludes halogenated alkanes) is 23. The van der Waals surface area contributed by atoms with E-state index in [1.54, 1.807) is 0 Å². The molecule has 0 aliphatic carbocycles. The highest BCUT2D eigenvalue weighted by Crippen LogP contribution is 2.16. The van der Waals surface area contributed by atoms with Crippen LogP contribution < -0.4 is 0 Å². The minimum atomic E-state index is -0.794. The van der Waals surface area contributed by atoms with E-state index in [4.69, 9.17) is 14.2 Å². The Kier molecular flexibility index (Phi) is 65.4. The molecule has 0 amide bonds. The van der Waals surface area contributed by atoms with Crippen molar-refractivity contribution in [2.24, 2.45) is 0 Å². The van der Waals surface area contributed by atoms with Gasteiger partial charge in [-0.25, -0.2) is 0 Å². The predicted molar refractivity (Wildman–Crippen MR) is 362 cm³/mol. The molecule has 0 aliphatic heterocycles. The van der Waals surface area contributed by atoms with Gasteiger partial charge in [0, 0.05) is 19.3 Å². The number of esters is 3. The van der Waals surface area contributed by atoms with Crippen LogP contribution in [0.25, 0.3) is 0 Å². The zero-order valence-electron chi connectivity index (χ0n) is 53.7. The third-order valence-electron chi connectivity index (χ3n) is 14.0. The van der Waals surface area contributed by atoms with Crippen molar-refractivity contribution in [2.75, 3.05) is 13.2 Å². The highest BCUT2D eigenvalue weighted by atomic mass is 16.6. The molecule has 6 heteroatoms. The van der Waals surface area contributed by atoms with Crippen molar-refractivity contribution >= 4 is 17.9 Å². The zero-order chi connectivity index (χ0) is 59.9. The number of ether oxygens (including phenoxy) is 3. The molecule has 0 fully saturated rings. The maximum atomic E-state index is 12.9. The summed E-state index contributed by atoms with van der Waals surface area (Å²) in [5.41, 5.74) is 0. The van der Waals surface area contributed by atoms with Crippen LogP contribution in [-0.4, -0.2) is 37.2 Å². The van der Waals surface area contributed by atoms with E-state index >= 15 is 0 Å². The second-order valence-electron chi connectivity index (χ2n) is 22.0. The molecule has 1 atom stereocenters. The molecule has 0 aromatic heterocycles. The second-order valence-corrected chi connectivity index (χ2v) is 22.0. The normalized spacial score (nSPS) is 13.1. The van der Waals surface area contributed by atoms with Gasteiger partial charge in [-0.3, -0.25) is 14.4 Å². The molecule has 83 heavy (non-hydrogen) atoms. The van der Waals surface area contributed by atoms with Crippen molar-refractivity contribution < 1.29 is 28.6 Å². The second kappa shape index (κ2) is 69.5. The van der Waals surface area contributed by atoms with Crippen molar-refractivity contribution in [3.63, 3.8) is 0 Å². The Morgan fingerprint density at radius 3 is 0.735 bits per heavy atom. The standard InChI is InChI=1S/C77H124O6/c1-4-7-10-13-16-18-20-22-24-26-28-30-32-34-36-38-40-42-44-46-48-50-52-54-56-58-61-64-67-70-76(79)82-73-74(72-81-75(78)69-66-63-60-15-12-9-6-3)83-77(80)71-68-65-62-59-57-55-53-51-49-47-45-43-41-39-37-35-33-31-29-27-25-23-21-19-17-14-11-8-5-2/h7-8,10-11,16-19,22-25,28-31,34-37,40,42,46,48,52,54,74H,4-6,9,12-15,20-21,26-27,32-33,38-39,41,43-45,47,49-51,53,55-73H2,1-3H3/b10-7-,11-8-,18-16-,19-17-,24-22-,25-23-,30-28-,31-29-,36-34-,37-35-,42-40-,48-46-,54-52-. The largest absolute Gasteiger partial charge is 0.462 e. The molecule has 0 saturated heterocycles. The number of rotatable bonds is 60. The monoisotopic (exact) mass is 1140 g/mol. The van der Waals surface area contributed by atoms with Crippen LogP contribution in [-0.2, 0) is 28.6 Å². The van der Waals surface area contributed by atoms with E-state index < -0.39 is 6.10 Å². The van der Waals surface area contributed by atoms with Gasteiger partial charge in [-0.2, -0.15) is 0 Å². The van der Waals surface area contributed by atoms with E-state index in [9.17, 15) is 14.4 Å². The summed E-state index contributed by atoms with van der Waals surface area (Å²) in [5, 5.41) is 0. The van der Waals surface area contributed by atoms with Crippen molar-refractivity contribution in [3.8, 4) is 0 Å². The average Bonchev–Trinajstić information content (AvgIpc) is 3.49. The minimum Gasteiger partial charge on any atom is -0.462 e. The number of hydrogen-bond donors (Lipinski definition) is 0. The smallest absolute Gasteiger partial charge is 0.306 e. The average molecular weight is 1150 g/mol. The number of carbonyl (C=O) groups is 3. The van der Waals surface area contributed by atoms with Crippen LogP contribution in [0.1, 0.15) is 290 Å². The van der Waals surface area contributed by atoms with Crippen LogP contribution >= 0.6 is 0 Å². The molecular weight excluding hydrogens is 1020 g/mol. The molecule has 1 unspecified atom stereocenters. The van der Waals surface area contributed by atoms with Gasteiger partial charge in [-0.15, -0.1) is 0 Å². The first-order valence-electron chi connectivity index (χ1n) is 34.0. The number of carbonyl (C=O) groups excluding carboxylic acids is 3. The summed E-state index contributed by atoms with van der Waals surface area (Å²) in [6.07, 6.45) is 101. The summed E-state index contributed by atoms with van der Waals surface area (Å²) in [6, 6.07) is 0. The number of allylic oxidation sites excluding steroid dienone is 26. The lowest BCUT2D eigenvalue weighted by Crippen LogP contribution is -2.30. The van der Waals surface area contributed by atoms with Gasteiger partial charge >= 0.3 is 17.9 Å². The molecule has 0 heterocycles. The lowest BCUT2D eigenvalue weighted by atomic mass is 10.0. The lowest BCUT2D eigenvalue weighted by molar-refractivity contribution is -0.167. The van der Waals surface area contributed by atoms with Gasteiger partial charge in [-0.05, 0) is 128 Å². The fraction of sp³-hybridized carbons (Fsp3) is 0.623. The van der Waals surface area contributed by atoms with Crippen molar-refractivity contribution in [1.29, 1.82) is 0 Å². The van der Waals surface area contributed by atoms with Crippen LogP contribution in [0.4, 0.5) is 0 Å². The van der Waals surface area contributed by atoms with Gasteiger partial charge in [0.1, 0.15) is 13.2 Å². The Balaban J connectivity index is 4.20. The SMILES string of the molecule is CC/C=C\C/C=C\C/C=C\C/C=C\C/C=C\C/C=C\C/C=C\C/C=C\CCCCCCC(=O)OCC(COC(=O)CCCCCCCCC)OC(=O)CCCCCCCCCCCCCCC/C=C\C/C=C\C/C=C\C/C=C\C/C=C\CC. The molecule has 0 rings (SSSR count). The Labute approximate surface area is 511 Å². The maximum Gasteiger partial charge on any atom is 0.306 e. The van der Waals surface area contributed by atoms with E-state index in [2.05, 4.69) is 179 Å². The van der Waals surface area contributed by atoms with E-state index in [1.807, 2.05) is 0 Å². The van der Waals surface area contributed by atoms with Crippen molar-refractivity contribution in [2.45, 2.75) is 297 Å². The summed E-state index contributed by atoms with van der Waals surface area (Å²) in [6.45, 7) is 6.35. The lowest BCUT2D eigenvalue weighted by Gasteiger charge is -2.18. The Hall–Kier alpha value is -4.97. The van der Waals surface area contributed by atoms with Crippen LogP contribution in [0.15, 0.2) is 158 Å². The fourth-order valence-corrected chi connectivity index (χ4v) is 9.01. The Bertz CT molecular complexity index is 1840. The molecule has 0 aliphatic rings. The minimum absolute atomic E-state index is 0.0903. The first kappa shape index (κ1) is 78.0. The molecule has 0 N–H and O–H groups in total. The zero-order valence-corrected chi connectivity index (χ0v) is 53.7. The molecule has 0 bridgehead atoms. The van der Waals surface area contributed by atoms with Crippen molar-refractivity contribution in [3.05, 3.63) is 158 Å². The molecule has 0 aromatic rings. The highest BCUT2D eigenvalue weighted by Gasteiger charge is 2.19. The summed E-state index contributed by atoms with van der Waals surface area (Å²) in [4.78, 5) is 38.2. The van der Waals surface area contributed by atoms with E-state index in [0.717, 1.165) is 154 Å². The van der Waals surface area contributed by atoms with E-state index in [-0.39, 0.29) is 31.1 Å². The molecule has 468 valence electrons. The predicted octanol–water partition coefficient (Wildman–Crippen LogP) is 23.7. The van der Waals surface area contributed by atoms with Gasteiger partial charge in [0.05, 0.1) is 0 Å². The van der Waals surface area contributed by atoms with Crippen LogP contribution in [0.3, 0.4) is 0 Å². The maximum absolute atomic E-state index is 12.9. The summed E-state index contributed by atoms with van der Waals surface area (Å²) in [7, 11) is 0. The summed E-state index contributed by atoms with van der Waals surface area (Å²) >= 11 is 0. The molecule has 0 saturated carbocycles. The molecule has 0 aromatic carbocycles. The highest BCUT2D eigenvalue weighted by molar-refractivity contribution is 5.71. The van der Waals surface area contributed by atoms with Gasteiger partial charge in [0.2, 0.25) is 0 Å². The van der Waals surface area contributed by atoms with Gasteiger partial charge < -0.3 is 14.2 Å². The molecule has 0 radical (unpaired) electrons. The summed E-state index contributed by atoms with van der Waals surface area (Å²) < 4.78 is 16.8. The first-order chi connectivity index (χ1) is 41.0. The van der Waals surface area contributed by atoms with Crippen LogP contribution in [0.5, 0.6) is 0 Å². The van der Waals surface area contributed by atoms with Gasteiger partial charge in [0.15, 0.2) is 6.10 Å². The Morgan fingerprint density at radius 2 is 0.470 bits per heavy atom.